The third-order valence-electron chi connectivity index (χ3n) is 9.24. The Morgan fingerprint density at radius 2 is 1.95 bits per heavy atom. The van der Waals surface area contributed by atoms with Crippen molar-refractivity contribution in [1.82, 2.24) is 4.90 Å². The molecule has 1 fully saturated rings. The van der Waals surface area contributed by atoms with E-state index in [9.17, 15) is 27.8 Å². The molecule has 236 valence electrons. The molecule has 1 aliphatic carbocycles. The highest BCUT2D eigenvalue weighted by Crippen LogP contribution is 2.58. The molecule has 3 atom stereocenters. The summed E-state index contributed by atoms with van der Waals surface area (Å²) in [6.45, 7) is 6.79. The van der Waals surface area contributed by atoms with Gasteiger partial charge in [-0.2, -0.15) is 0 Å². The van der Waals surface area contributed by atoms with Crippen molar-refractivity contribution >= 4 is 15.7 Å². The highest BCUT2D eigenvalue weighted by Gasteiger charge is 2.55. The molecule has 1 heterocycles. The zero-order chi connectivity index (χ0) is 31.0. The number of rotatable bonds is 16. The van der Waals surface area contributed by atoms with E-state index in [2.05, 4.69) is 13.0 Å². The number of amides is 1. The van der Waals surface area contributed by atoms with Crippen LogP contribution in [0.3, 0.4) is 0 Å². The van der Waals surface area contributed by atoms with E-state index in [-0.39, 0.29) is 29.9 Å². The van der Waals surface area contributed by atoms with Crippen molar-refractivity contribution in [3.8, 4) is 5.75 Å². The number of aliphatic hydroxyl groups is 1. The van der Waals surface area contributed by atoms with Crippen molar-refractivity contribution in [3.63, 3.8) is 0 Å². The molecule has 2 N–H and O–H groups in total. The van der Waals surface area contributed by atoms with Crippen LogP contribution in [0, 0.1) is 17.2 Å². The topological polar surface area (TPSA) is 104 Å². The first-order valence-electron chi connectivity index (χ1n) is 15.4. The molecule has 3 unspecified atom stereocenters. The van der Waals surface area contributed by atoms with Gasteiger partial charge >= 0.3 is 0 Å². The van der Waals surface area contributed by atoms with Gasteiger partial charge in [0.1, 0.15) is 0 Å². The summed E-state index contributed by atoms with van der Waals surface area (Å²) in [5.74, 6) is -0.923. The number of phenolic OH excluding ortho intramolecular Hbond substituents is 1. The van der Waals surface area contributed by atoms with E-state index in [1.807, 2.05) is 27.0 Å². The summed E-state index contributed by atoms with van der Waals surface area (Å²) in [6, 6.07) is 4.35. The Morgan fingerprint density at radius 1 is 1.19 bits per heavy atom. The molecule has 3 rings (SSSR count). The predicted octanol–water partition coefficient (Wildman–Crippen LogP) is 6.27. The average Bonchev–Trinajstić information content (AvgIpc) is 2.95. The van der Waals surface area contributed by atoms with Gasteiger partial charge in [-0.15, -0.1) is 0 Å². The van der Waals surface area contributed by atoms with E-state index in [4.69, 9.17) is 4.74 Å². The number of hydrogen-bond acceptors (Lipinski definition) is 6. The molecule has 1 saturated heterocycles. The number of nitrogens with zero attached hydrogens (tertiary/aromatic N) is 1. The second-order valence-corrected chi connectivity index (χ2v) is 14.8. The summed E-state index contributed by atoms with van der Waals surface area (Å²) >= 11 is 0. The second-order valence-electron chi connectivity index (χ2n) is 12.6. The van der Waals surface area contributed by atoms with E-state index in [0.29, 0.717) is 56.9 Å². The number of carbonyl (C=O) groups excluding carboxylic acids is 1. The lowest BCUT2D eigenvalue weighted by Gasteiger charge is -2.57. The van der Waals surface area contributed by atoms with E-state index >= 15 is 0 Å². The van der Waals surface area contributed by atoms with Gasteiger partial charge in [0.25, 0.3) is 0 Å². The van der Waals surface area contributed by atoms with E-state index < -0.39 is 38.5 Å². The molecule has 1 aromatic carbocycles. The fourth-order valence-electron chi connectivity index (χ4n) is 6.19. The minimum absolute atomic E-state index is 0.00546. The lowest BCUT2D eigenvalue weighted by molar-refractivity contribution is -0.223. The first-order valence-corrected chi connectivity index (χ1v) is 17.2. The van der Waals surface area contributed by atoms with Crippen LogP contribution in [0.1, 0.15) is 96.6 Å². The van der Waals surface area contributed by atoms with Crippen molar-refractivity contribution in [1.29, 1.82) is 0 Å². The van der Waals surface area contributed by atoms with Gasteiger partial charge in [0.2, 0.25) is 5.91 Å². The molecule has 7 nitrogen and oxygen atoms in total. The molecule has 1 aromatic rings. The number of benzene rings is 1. The Balaban J connectivity index is 1.51. The number of fused-ring (bicyclic) bond motifs is 2. The van der Waals surface area contributed by atoms with E-state index in [1.54, 1.807) is 17.0 Å². The Morgan fingerprint density at radius 3 is 2.64 bits per heavy atom. The molecule has 0 spiro atoms. The van der Waals surface area contributed by atoms with Crippen LogP contribution in [0.5, 0.6) is 5.75 Å². The Kier molecular flexibility index (Phi) is 12.2. The molecule has 9 heteroatoms. The number of ether oxygens (including phenoxy) is 1. The number of hydrogen-bond donors (Lipinski definition) is 2. The molecular formula is C33H50FNO6S. The molecule has 0 radical (unpaired) electrons. The fraction of sp³-hybridized carbons (Fsp3) is 0.667. The molecular weight excluding hydrogens is 557 g/mol. The maximum atomic E-state index is 14.3. The summed E-state index contributed by atoms with van der Waals surface area (Å²) in [5.41, 5.74) is 0.747. The first kappa shape index (κ1) is 34.3. The number of carbonyl (C=O) groups is 1. The number of aliphatic hydroxyl groups excluding tert-OH is 1. The van der Waals surface area contributed by atoms with Crippen molar-refractivity contribution in [3.05, 3.63) is 53.4 Å². The van der Waals surface area contributed by atoms with Crippen LogP contribution in [0.2, 0.25) is 0 Å². The summed E-state index contributed by atoms with van der Waals surface area (Å²) in [6.07, 6.45) is 12.6. The van der Waals surface area contributed by atoms with Crippen LogP contribution in [-0.2, 0) is 19.4 Å². The van der Waals surface area contributed by atoms with E-state index in [0.717, 1.165) is 25.0 Å². The normalized spacial score (nSPS) is 23.6. The molecule has 2 aliphatic rings. The zero-order valence-electron chi connectivity index (χ0n) is 25.8. The lowest BCUT2D eigenvalue weighted by Crippen LogP contribution is -2.56. The van der Waals surface area contributed by atoms with Crippen molar-refractivity contribution in [2.24, 2.45) is 11.3 Å². The van der Waals surface area contributed by atoms with Crippen molar-refractivity contribution in [2.45, 2.75) is 96.7 Å². The second kappa shape index (κ2) is 15.0. The molecule has 2 bridgehead atoms. The third kappa shape index (κ3) is 8.66. The lowest BCUT2D eigenvalue weighted by atomic mass is 9.58. The Bertz CT molecular complexity index is 1230. The summed E-state index contributed by atoms with van der Waals surface area (Å²) in [4.78, 5) is 13.9. The van der Waals surface area contributed by atoms with Crippen LogP contribution >= 0.6 is 0 Å². The average molecular weight is 608 g/mol. The number of unbranched alkanes of at least 4 members (excludes halogenated alkanes) is 3. The third-order valence-corrected chi connectivity index (χ3v) is 10.9. The largest absolute Gasteiger partial charge is 0.505 e. The summed E-state index contributed by atoms with van der Waals surface area (Å²) in [7, 11) is -1.39. The minimum atomic E-state index is -3.21. The predicted molar refractivity (Wildman–Crippen MR) is 164 cm³/mol. The standard InChI is InChI=1S/C33H50FNO6S/c1-5-6-19-35(4)30(38)14-10-8-12-21-42(39,40)20-11-7-9-13-25-17-18-33(24-36)23-27(25)31(41-32(33,2)3)26-15-16-29(37)28(34)22-26/h7,11,15-17,22,27,31,36-37H,5-6,8-10,12-14,18-21,23-24H2,1-4H3/b11-7+. The number of aromatic hydroxyl groups is 1. The number of halogens is 1. The van der Waals surface area contributed by atoms with Gasteiger partial charge in [-0.3, -0.25) is 4.79 Å². The summed E-state index contributed by atoms with van der Waals surface area (Å²) < 4.78 is 45.8. The van der Waals surface area contributed by atoms with Gasteiger partial charge in [0.05, 0.1) is 29.8 Å². The van der Waals surface area contributed by atoms with Gasteiger partial charge in [-0.05, 0) is 76.5 Å². The van der Waals surface area contributed by atoms with Gasteiger partial charge in [0, 0.05) is 31.3 Å². The number of allylic oxidation sites excluding steroid dienone is 2. The monoisotopic (exact) mass is 607 g/mol. The Labute approximate surface area is 251 Å². The van der Waals surface area contributed by atoms with Crippen LogP contribution in [0.25, 0.3) is 0 Å². The maximum absolute atomic E-state index is 14.3. The SMILES string of the molecule is CCCCN(C)C(=O)CCCCCS(=O)(=O)C/C=C/CCC1=CCC2(CO)CC1C(c1ccc(O)c(F)c1)OC2(C)C. The maximum Gasteiger partial charge on any atom is 0.222 e. The highest BCUT2D eigenvalue weighted by atomic mass is 32.2. The van der Waals surface area contributed by atoms with Gasteiger partial charge in [-0.1, -0.05) is 49.6 Å². The van der Waals surface area contributed by atoms with Gasteiger partial charge < -0.3 is 19.8 Å². The molecule has 1 amide bonds. The highest BCUT2D eigenvalue weighted by molar-refractivity contribution is 7.91. The van der Waals surface area contributed by atoms with Crippen LogP contribution in [0.4, 0.5) is 4.39 Å². The minimum Gasteiger partial charge on any atom is -0.505 e. The summed E-state index contributed by atoms with van der Waals surface area (Å²) in [5, 5.41) is 20.0. The first-order chi connectivity index (χ1) is 19.8. The molecule has 42 heavy (non-hydrogen) atoms. The van der Waals surface area contributed by atoms with Crippen molar-refractivity contribution in [2.75, 3.05) is 31.7 Å². The molecule has 1 aliphatic heterocycles. The number of sulfone groups is 1. The molecule has 0 aromatic heterocycles. The van der Waals surface area contributed by atoms with E-state index in [1.165, 1.54) is 12.1 Å². The quantitative estimate of drug-likeness (QED) is 0.170. The van der Waals surface area contributed by atoms with Crippen LogP contribution in [0.15, 0.2) is 42.0 Å². The van der Waals surface area contributed by atoms with Crippen molar-refractivity contribution < 1.29 is 32.6 Å². The smallest absolute Gasteiger partial charge is 0.222 e. The number of phenols is 1. The fourth-order valence-corrected chi connectivity index (χ4v) is 7.43. The van der Waals surface area contributed by atoms with Gasteiger partial charge in [0.15, 0.2) is 21.4 Å². The molecule has 0 saturated carbocycles. The zero-order valence-corrected chi connectivity index (χ0v) is 26.6. The van der Waals surface area contributed by atoms with Crippen LogP contribution in [-0.4, -0.2) is 66.7 Å². The van der Waals surface area contributed by atoms with Crippen LogP contribution < -0.4 is 0 Å². The Hall–Kier alpha value is -2.23. The van der Waals surface area contributed by atoms with Gasteiger partial charge in [-0.25, -0.2) is 12.8 Å².